The monoisotopic (exact) mass is 328 g/mol. The van der Waals surface area contributed by atoms with Gasteiger partial charge in [-0.2, -0.15) is 0 Å². The molecule has 0 aliphatic carbocycles. The number of carbonyl (C=O) groups is 2. The minimum absolute atomic E-state index is 0.0799. The Morgan fingerprint density at radius 2 is 1.95 bits per heavy atom. The third-order valence-corrected chi connectivity index (χ3v) is 3.19. The third kappa shape index (κ3) is 6.05. The first-order valence-corrected chi connectivity index (χ1v) is 6.81. The van der Waals surface area contributed by atoms with Crippen molar-refractivity contribution in [3.8, 4) is 12.3 Å². The number of rotatable bonds is 7. The van der Waals surface area contributed by atoms with Crippen molar-refractivity contribution in [2.75, 3.05) is 25.0 Å². The Hall–Kier alpha value is -1.74. The van der Waals surface area contributed by atoms with Gasteiger partial charge in [-0.25, -0.2) is 0 Å². The molecular weight excluding hydrogens is 315 g/mol. The maximum atomic E-state index is 11.9. The van der Waals surface area contributed by atoms with Gasteiger partial charge in [0.2, 0.25) is 5.91 Å². The number of nitrogens with zero attached hydrogens (tertiary/aromatic N) is 1. The number of benzene rings is 1. The van der Waals surface area contributed by atoms with Crippen LogP contribution in [0.4, 0.5) is 5.69 Å². The summed E-state index contributed by atoms with van der Waals surface area (Å²) in [5, 5.41) is 12.0. The number of para-hydroxylation sites is 1. The van der Waals surface area contributed by atoms with Crippen molar-refractivity contribution < 1.29 is 14.7 Å². The molecule has 0 aliphatic rings. The van der Waals surface area contributed by atoms with E-state index in [0.29, 0.717) is 15.7 Å². The van der Waals surface area contributed by atoms with E-state index in [2.05, 4.69) is 11.2 Å². The number of nitrogens with one attached hydrogen (secondary N) is 1. The molecule has 5 nitrogen and oxygen atoms in total. The Bertz CT molecular complexity index is 550. The first-order valence-electron chi connectivity index (χ1n) is 6.05. The van der Waals surface area contributed by atoms with Crippen LogP contribution in [0.25, 0.3) is 0 Å². The minimum atomic E-state index is -1.00. The zero-order valence-electron chi connectivity index (χ0n) is 11.1. The molecule has 1 aromatic rings. The lowest BCUT2D eigenvalue weighted by molar-refractivity contribution is -0.138. The molecule has 0 spiro atoms. The zero-order chi connectivity index (χ0) is 15.8. The standard InChI is InChI=1S/C14H14Cl2N2O3/c1-2-7-18(9-13(20)21)8-6-12(19)17-14-10(15)4-3-5-11(14)16/h1,3-5H,6-9H2,(H,17,19)(H,20,21). The van der Waals surface area contributed by atoms with Crippen molar-refractivity contribution in [1.29, 1.82) is 0 Å². The van der Waals surface area contributed by atoms with Gasteiger partial charge < -0.3 is 10.4 Å². The summed E-state index contributed by atoms with van der Waals surface area (Å²) < 4.78 is 0. The van der Waals surface area contributed by atoms with Gasteiger partial charge in [-0.05, 0) is 12.1 Å². The first-order chi connectivity index (χ1) is 9.93. The smallest absolute Gasteiger partial charge is 0.317 e. The minimum Gasteiger partial charge on any atom is -0.480 e. The average Bonchev–Trinajstić information content (AvgIpc) is 2.40. The summed E-state index contributed by atoms with van der Waals surface area (Å²) in [4.78, 5) is 24.0. The van der Waals surface area contributed by atoms with Gasteiger partial charge in [0.05, 0.1) is 28.8 Å². The lowest BCUT2D eigenvalue weighted by Crippen LogP contribution is -2.33. The fraction of sp³-hybridized carbons (Fsp3) is 0.286. The van der Waals surface area contributed by atoms with E-state index < -0.39 is 5.97 Å². The number of carboxylic acids is 1. The molecule has 0 bridgehead atoms. The second kappa shape index (κ2) is 8.53. The summed E-state index contributed by atoms with van der Waals surface area (Å²) >= 11 is 11.9. The van der Waals surface area contributed by atoms with Crippen molar-refractivity contribution in [2.24, 2.45) is 0 Å². The van der Waals surface area contributed by atoms with E-state index >= 15 is 0 Å². The van der Waals surface area contributed by atoms with E-state index in [1.807, 2.05) is 0 Å². The molecule has 0 saturated carbocycles. The molecule has 21 heavy (non-hydrogen) atoms. The number of hydrogen-bond donors (Lipinski definition) is 2. The molecule has 0 saturated heterocycles. The quantitative estimate of drug-likeness (QED) is 0.754. The predicted molar refractivity (Wildman–Crippen MR) is 82.6 cm³/mol. The number of carbonyl (C=O) groups excluding carboxylic acids is 1. The molecule has 0 unspecified atom stereocenters. The second-order valence-corrected chi connectivity index (χ2v) is 5.02. The Morgan fingerprint density at radius 1 is 1.33 bits per heavy atom. The van der Waals surface area contributed by atoms with Crippen LogP contribution in [0, 0.1) is 12.3 Å². The van der Waals surface area contributed by atoms with E-state index in [9.17, 15) is 9.59 Å². The largest absolute Gasteiger partial charge is 0.480 e. The zero-order valence-corrected chi connectivity index (χ0v) is 12.6. The number of halogens is 2. The van der Waals surface area contributed by atoms with Gasteiger partial charge in [-0.15, -0.1) is 6.42 Å². The third-order valence-electron chi connectivity index (χ3n) is 2.56. The summed E-state index contributed by atoms with van der Waals surface area (Å²) in [7, 11) is 0. The number of amides is 1. The van der Waals surface area contributed by atoms with Gasteiger partial charge in [0.25, 0.3) is 0 Å². The van der Waals surface area contributed by atoms with E-state index in [-0.39, 0.29) is 32.0 Å². The molecular formula is C14H14Cl2N2O3. The molecule has 2 N–H and O–H groups in total. The van der Waals surface area contributed by atoms with Gasteiger partial charge in [0, 0.05) is 13.0 Å². The van der Waals surface area contributed by atoms with Crippen LogP contribution < -0.4 is 5.32 Å². The maximum absolute atomic E-state index is 11.9. The van der Waals surface area contributed by atoms with Crippen molar-refractivity contribution in [3.05, 3.63) is 28.2 Å². The highest BCUT2D eigenvalue weighted by molar-refractivity contribution is 6.39. The highest BCUT2D eigenvalue weighted by Crippen LogP contribution is 2.29. The lowest BCUT2D eigenvalue weighted by Gasteiger charge is -2.17. The molecule has 0 fully saturated rings. The van der Waals surface area contributed by atoms with Gasteiger partial charge in [-0.3, -0.25) is 14.5 Å². The first kappa shape index (κ1) is 17.3. The van der Waals surface area contributed by atoms with Crippen LogP contribution in [-0.4, -0.2) is 41.5 Å². The number of hydrogen-bond acceptors (Lipinski definition) is 3. The van der Waals surface area contributed by atoms with Crippen LogP contribution in [0.3, 0.4) is 0 Å². The van der Waals surface area contributed by atoms with Crippen LogP contribution in [0.2, 0.25) is 10.0 Å². The lowest BCUT2D eigenvalue weighted by atomic mass is 10.3. The van der Waals surface area contributed by atoms with Gasteiger partial charge >= 0.3 is 5.97 Å². The highest BCUT2D eigenvalue weighted by Gasteiger charge is 2.13. The molecule has 112 valence electrons. The number of anilines is 1. The molecule has 1 rings (SSSR count). The van der Waals surface area contributed by atoms with E-state index in [1.165, 1.54) is 4.90 Å². The summed E-state index contributed by atoms with van der Waals surface area (Å²) in [5.74, 6) is 1.03. The normalized spacial score (nSPS) is 10.2. The van der Waals surface area contributed by atoms with Gasteiger partial charge in [0.1, 0.15) is 0 Å². The van der Waals surface area contributed by atoms with Crippen LogP contribution >= 0.6 is 23.2 Å². The molecule has 0 aliphatic heterocycles. The number of aliphatic carboxylic acids is 1. The summed E-state index contributed by atoms with van der Waals surface area (Å²) in [6, 6.07) is 4.89. The fourth-order valence-electron chi connectivity index (χ4n) is 1.61. The molecule has 0 aromatic heterocycles. The Balaban J connectivity index is 2.57. The highest BCUT2D eigenvalue weighted by atomic mass is 35.5. The van der Waals surface area contributed by atoms with Crippen molar-refractivity contribution in [2.45, 2.75) is 6.42 Å². The van der Waals surface area contributed by atoms with Gasteiger partial charge in [-0.1, -0.05) is 35.2 Å². The molecule has 0 radical (unpaired) electrons. The number of terminal acetylenes is 1. The van der Waals surface area contributed by atoms with Gasteiger partial charge in [0.15, 0.2) is 0 Å². The second-order valence-electron chi connectivity index (χ2n) is 4.20. The Morgan fingerprint density at radius 3 is 2.48 bits per heavy atom. The predicted octanol–water partition coefficient (Wildman–Crippen LogP) is 2.34. The van der Waals surface area contributed by atoms with E-state index in [1.54, 1.807) is 18.2 Å². The summed E-state index contributed by atoms with van der Waals surface area (Å²) in [6.45, 7) is 0.168. The topological polar surface area (TPSA) is 69.6 Å². The van der Waals surface area contributed by atoms with E-state index in [0.717, 1.165) is 0 Å². The fourth-order valence-corrected chi connectivity index (χ4v) is 2.11. The summed E-state index contributed by atoms with van der Waals surface area (Å²) in [5.41, 5.74) is 0.340. The van der Waals surface area contributed by atoms with Crippen LogP contribution in [0.15, 0.2) is 18.2 Å². The Labute approximate surface area is 132 Å². The Kier molecular flexibility index (Phi) is 7.03. The molecule has 0 heterocycles. The molecule has 0 atom stereocenters. The molecule has 7 heteroatoms. The van der Waals surface area contributed by atoms with Crippen molar-refractivity contribution in [1.82, 2.24) is 4.90 Å². The van der Waals surface area contributed by atoms with E-state index in [4.69, 9.17) is 34.7 Å². The van der Waals surface area contributed by atoms with Crippen molar-refractivity contribution >= 4 is 40.8 Å². The number of carboxylic acid groups (broad SMARTS) is 1. The molecule has 1 aromatic carbocycles. The van der Waals surface area contributed by atoms with Crippen LogP contribution in [0.5, 0.6) is 0 Å². The summed E-state index contributed by atoms with van der Waals surface area (Å²) in [6.07, 6.45) is 5.23. The van der Waals surface area contributed by atoms with Crippen LogP contribution in [-0.2, 0) is 9.59 Å². The maximum Gasteiger partial charge on any atom is 0.317 e. The van der Waals surface area contributed by atoms with Crippen LogP contribution in [0.1, 0.15) is 6.42 Å². The average molecular weight is 329 g/mol. The SMILES string of the molecule is C#CCN(CCC(=O)Nc1c(Cl)cccc1Cl)CC(=O)O. The van der Waals surface area contributed by atoms with Crippen molar-refractivity contribution in [3.63, 3.8) is 0 Å². The molecule has 1 amide bonds.